The molecule has 2 unspecified atom stereocenters. The smallest absolute Gasteiger partial charge is 0.124 e. The average molecular weight is 299 g/mol. The van der Waals surface area contributed by atoms with Crippen LogP contribution in [-0.4, -0.2) is 24.0 Å². The third-order valence-corrected chi connectivity index (χ3v) is 4.57. The number of likely N-dealkylation sites (tertiary alicyclic amines) is 1. The third-order valence-electron chi connectivity index (χ3n) is 4.24. The van der Waals surface area contributed by atoms with Gasteiger partial charge in [0.15, 0.2) is 0 Å². The summed E-state index contributed by atoms with van der Waals surface area (Å²) in [4.78, 5) is 2.48. The van der Waals surface area contributed by atoms with E-state index >= 15 is 0 Å². The van der Waals surface area contributed by atoms with Crippen LogP contribution in [0.3, 0.4) is 0 Å². The predicted molar refractivity (Wildman–Crippen MR) is 82.5 cm³/mol. The minimum atomic E-state index is -0.293. The van der Waals surface area contributed by atoms with Crippen molar-refractivity contribution in [3.8, 4) is 0 Å². The molecule has 20 heavy (non-hydrogen) atoms. The van der Waals surface area contributed by atoms with Crippen LogP contribution in [0.5, 0.6) is 0 Å². The molecule has 1 fully saturated rings. The van der Waals surface area contributed by atoms with Crippen LogP contribution < -0.4 is 5.73 Å². The Hall–Kier alpha value is -0.640. The Labute approximate surface area is 126 Å². The summed E-state index contributed by atoms with van der Waals surface area (Å²) in [6, 6.07) is 5.32. The van der Waals surface area contributed by atoms with Crippen molar-refractivity contribution in [3.05, 3.63) is 34.6 Å². The van der Waals surface area contributed by atoms with E-state index in [1.807, 2.05) is 0 Å². The summed E-state index contributed by atoms with van der Waals surface area (Å²) in [5.74, 6) is -0.293. The largest absolute Gasteiger partial charge is 0.329 e. The van der Waals surface area contributed by atoms with Crippen LogP contribution in [0.2, 0.25) is 5.02 Å². The molecule has 0 radical (unpaired) electrons. The van der Waals surface area contributed by atoms with Crippen molar-refractivity contribution < 1.29 is 4.39 Å². The second kappa shape index (κ2) is 7.39. The lowest BCUT2D eigenvalue weighted by Crippen LogP contribution is -2.44. The predicted octanol–water partition coefficient (Wildman–Crippen LogP) is 4.13. The molecule has 0 bridgehead atoms. The second-order valence-corrected chi connectivity index (χ2v) is 6.00. The average Bonchev–Trinajstić information content (AvgIpc) is 2.44. The van der Waals surface area contributed by atoms with Crippen molar-refractivity contribution in [1.29, 1.82) is 0 Å². The summed E-state index contributed by atoms with van der Waals surface area (Å²) in [6.07, 6.45) is 6.08. The SMILES string of the molecule is CCCC1CCCCN1C(CN)c1ccc(F)cc1Cl. The Morgan fingerprint density at radius 1 is 1.45 bits per heavy atom. The van der Waals surface area contributed by atoms with Crippen molar-refractivity contribution in [2.24, 2.45) is 5.73 Å². The zero-order valence-corrected chi connectivity index (χ0v) is 12.9. The van der Waals surface area contributed by atoms with E-state index in [-0.39, 0.29) is 11.9 Å². The van der Waals surface area contributed by atoms with E-state index in [0.29, 0.717) is 17.6 Å². The van der Waals surface area contributed by atoms with E-state index in [1.54, 1.807) is 6.07 Å². The van der Waals surface area contributed by atoms with Crippen LogP contribution in [0, 0.1) is 5.82 Å². The number of piperidine rings is 1. The minimum Gasteiger partial charge on any atom is -0.329 e. The van der Waals surface area contributed by atoms with Gasteiger partial charge in [0.2, 0.25) is 0 Å². The lowest BCUT2D eigenvalue weighted by atomic mass is 9.93. The van der Waals surface area contributed by atoms with Crippen LogP contribution in [0.1, 0.15) is 50.6 Å². The molecule has 112 valence electrons. The van der Waals surface area contributed by atoms with E-state index in [4.69, 9.17) is 17.3 Å². The molecule has 1 aliphatic rings. The maximum Gasteiger partial charge on any atom is 0.124 e. The zero-order chi connectivity index (χ0) is 14.5. The quantitative estimate of drug-likeness (QED) is 0.885. The van der Waals surface area contributed by atoms with Gasteiger partial charge in [-0.3, -0.25) is 4.90 Å². The number of rotatable bonds is 5. The van der Waals surface area contributed by atoms with Gasteiger partial charge in [-0.25, -0.2) is 4.39 Å². The van der Waals surface area contributed by atoms with Crippen LogP contribution in [-0.2, 0) is 0 Å². The molecule has 0 spiro atoms. The van der Waals surface area contributed by atoms with E-state index in [0.717, 1.165) is 12.1 Å². The molecule has 1 saturated heterocycles. The van der Waals surface area contributed by atoms with Crippen molar-refractivity contribution in [3.63, 3.8) is 0 Å². The highest BCUT2D eigenvalue weighted by Gasteiger charge is 2.29. The highest BCUT2D eigenvalue weighted by atomic mass is 35.5. The first kappa shape index (κ1) is 15.7. The Kier molecular flexibility index (Phi) is 5.82. The van der Waals surface area contributed by atoms with Crippen LogP contribution >= 0.6 is 11.6 Å². The van der Waals surface area contributed by atoms with Crippen LogP contribution in [0.25, 0.3) is 0 Å². The first-order valence-corrected chi connectivity index (χ1v) is 7.96. The Bertz CT molecular complexity index is 436. The van der Waals surface area contributed by atoms with Crippen molar-refractivity contribution >= 4 is 11.6 Å². The molecule has 0 aliphatic carbocycles. The van der Waals surface area contributed by atoms with Gasteiger partial charge >= 0.3 is 0 Å². The standard InChI is InChI=1S/C16H24ClFN2/c1-2-5-13-6-3-4-9-20(13)16(11-19)14-8-7-12(18)10-15(14)17/h7-8,10,13,16H,2-6,9,11,19H2,1H3. The second-order valence-electron chi connectivity index (χ2n) is 5.59. The molecule has 0 aromatic heterocycles. The molecule has 2 rings (SSSR count). The molecule has 2 atom stereocenters. The summed E-state index contributed by atoms with van der Waals surface area (Å²) in [6.45, 7) is 3.79. The molecule has 4 heteroatoms. The number of nitrogens with two attached hydrogens (primary N) is 1. The molecule has 2 N–H and O–H groups in total. The fraction of sp³-hybridized carbons (Fsp3) is 0.625. The zero-order valence-electron chi connectivity index (χ0n) is 12.1. The fourth-order valence-electron chi connectivity index (χ4n) is 3.29. The van der Waals surface area contributed by atoms with Gasteiger partial charge < -0.3 is 5.73 Å². The summed E-state index contributed by atoms with van der Waals surface area (Å²) >= 11 is 6.22. The van der Waals surface area contributed by atoms with E-state index in [9.17, 15) is 4.39 Å². The first-order valence-electron chi connectivity index (χ1n) is 7.58. The summed E-state index contributed by atoms with van der Waals surface area (Å²) in [5, 5.41) is 0.487. The maximum absolute atomic E-state index is 13.2. The number of hydrogen-bond acceptors (Lipinski definition) is 2. The normalized spacial score (nSPS) is 21.9. The molecule has 1 aromatic rings. The Morgan fingerprint density at radius 2 is 2.25 bits per heavy atom. The van der Waals surface area contributed by atoms with Crippen LogP contribution in [0.15, 0.2) is 18.2 Å². The first-order chi connectivity index (χ1) is 9.67. The lowest BCUT2D eigenvalue weighted by molar-refractivity contribution is 0.0913. The maximum atomic E-state index is 13.2. The van der Waals surface area contributed by atoms with Crippen molar-refractivity contribution in [2.45, 2.75) is 51.1 Å². The molecular formula is C16H24ClFN2. The molecule has 1 aromatic carbocycles. The van der Waals surface area contributed by atoms with Gasteiger partial charge in [-0.2, -0.15) is 0 Å². The molecule has 2 nitrogen and oxygen atoms in total. The molecule has 1 aliphatic heterocycles. The minimum absolute atomic E-state index is 0.0972. The molecule has 0 amide bonds. The van der Waals surface area contributed by atoms with Gasteiger partial charge in [0, 0.05) is 23.7 Å². The number of benzene rings is 1. The van der Waals surface area contributed by atoms with Gasteiger partial charge in [-0.1, -0.05) is 37.4 Å². The number of nitrogens with zero attached hydrogens (tertiary/aromatic N) is 1. The van der Waals surface area contributed by atoms with Gasteiger partial charge in [0.05, 0.1) is 0 Å². The van der Waals surface area contributed by atoms with Gasteiger partial charge in [-0.05, 0) is 43.5 Å². The Balaban J connectivity index is 2.25. The topological polar surface area (TPSA) is 29.3 Å². The summed E-state index contributed by atoms with van der Waals surface area (Å²) < 4.78 is 13.2. The summed E-state index contributed by atoms with van der Waals surface area (Å²) in [5.41, 5.74) is 6.96. The van der Waals surface area contributed by atoms with E-state index < -0.39 is 0 Å². The molecule has 0 saturated carbocycles. The van der Waals surface area contributed by atoms with E-state index in [1.165, 1.54) is 44.2 Å². The molecule has 1 heterocycles. The highest BCUT2D eigenvalue weighted by molar-refractivity contribution is 6.31. The fourth-order valence-corrected chi connectivity index (χ4v) is 3.58. The van der Waals surface area contributed by atoms with Crippen molar-refractivity contribution in [2.75, 3.05) is 13.1 Å². The number of hydrogen-bond donors (Lipinski definition) is 1. The lowest BCUT2D eigenvalue weighted by Gasteiger charge is -2.41. The molecular weight excluding hydrogens is 275 g/mol. The van der Waals surface area contributed by atoms with E-state index in [2.05, 4.69) is 11.8 Å². The van der Waals surface area contributed by atoms with Gasteiger partial charge in [0.1, 0.15) is 5.82 Å². The van der Waals surface area contributed by atoms with Gasteiger partial charge in [-0.15, -0.1) is 0 Å². The van der Waals surface area contributed by atoms with Crippen LogP contribution in [0.4, 0.5) is 4.39 Å². The van der Waals surface area contributed by atoms with Crippen molar-refractivity contribution in [1.82, 2.24) is 4.90 Å². The monoisotopic (exact) mass is 298 g/mol. The summed E-state index contributed by atoms with van der Waals surface area (Å²) in [7, 11) is 0. The number of halogens is 2. The van der Waals surface area contributed by atoms with Gasteiger partial charge in [0.25, 0.3) is 0 Å². The third kappa shape index (κ3) is 3.51. The highest BCUT2D eigenvalue weighted by Crippen LogP contribution is 2.33. The Morgan fingerprint density at radius 3 is 2.90 bits per heavy atom.